The third-order valence-corrected chi connectivity index (χ3v) is 6.66. The van der Waals surface area contributed by atoms with E-state index in [1.807, 2.05) is 12.2 Å². The fourth-order valence-electron chi connectivity index (χ4n) is 4.38. The van der Waals surface area contributed by atoms with E-state index < -0.39 is 11.9 Å². The van der Waals surface area contributed by atoms with Gasteiger partial charge in [0.25, 0.3) is 0 Å². The van der Waals surface area contributed by atoms with Gasteiger partial charge in [-0.25, -0.2) is 9.59 Å². The van der Waals surface area contributed by atoms with Gasteiger partial charge in [0, 0.05) is 12.2 Å². The van der Waals surface area contributed by atoms with Crippen LogP contribution in [-0.4, -0.2) is 11.9 Å². The summed E-state index contributed by atoms with van der Waals surface area (Å²) < 4.78 is 4.81. The Balaban J connectivity index is 3.46. The first-order chi connectivity index (χ1) is 17.2. The number of esters is 2. The van der Waals surface area contributed by atoms with Crippen molar-refractivity contribution in [3.8, 4) is 0 Å². The van der Waals surface area contributed by atoms with Gasteiger partial charge >= 0.3 is 11.9 Å². The van der Waals surface area contributed by atoms with Crippen LogP contribution in [0, 0.1) is 0 Å². The van der Waals surface area contributed by atoms with Crippen LogP contribution in [0.25, 0.3) is 0 Å². The highest BCUT2D eigenvalue weighted by molar-refractivity contribution is 5.96. The molecule has 0 heterocycles. The number of rotatable bonds is 26. The summed E-state index contributed by atoms with van der Waals surface area (Å²) >= 11 is 0. The monoisotopic (exact) mass is 490 g/mol. The van der Waals surface area contributed by atoms with Gasteiger partial charge in [-0.15, -0.1) is 0 Å². The van der Waals surface area contributed by atoms with E-state index in [1.165, 1.54) is 141 Å². The molecule has 0 aliphatic heterocycles. The van der Waals surface area contributed by atoms with E-state index in [1.54, 1.807) is 0 Å². The average Bonchev–Trinajstić information content (AvgIpc) is 2.85. The number of unbranched alkanes of at least 4 members (excludes halogenated alkanes) is 22. The van der Waals surface area contributed by atoms with Gasteiger partial charge in [0.05, 0.1) is 0 Å². The van der Waals surface area contributed by atoms with Crippen LogP contribution < -0.4 is 0 Å². The van der Waals surface area contributed by atoms with E-state index in [-0.39, 0.29) is 0 Å². The van der Waals surface area contributed by atoms with Gasteiger partial charge < -0.3 is 4.74 Å². The van der Waals surface area contributed by atoms with Gasteiger partial charge in [0.15, 0.2) is 0 Å². The zero-order valence-electron chi connectivity index (χ0n) is 23.5. The SMILES string of the molecule is CCCCCCCCCCCCCC=CC(=O)OC(=O)C=CCCCCCCCCCCCCC. The van der Waals surface area contributed by atoms with E-state index >= 15 is 0 Å². The molecule has 0 bridgehead atoms. The van der Waals surface area contributed by atoms with Crippen molar-refractivity contribution < 1.29 is 14.3 Å². The maximum absolute atomic E-state index is 11.7. The predicted octanol–water partition coefficient (Wildman–Crippen LogP) is 10.6. The van der Waals surface area contributed by atoms with Gasteiger partial charge in [-0.05, 0) is 25.7 Å². The van der Waals surface area contributed by atoms with Crippen molar-refractivity contribution >= 4 is 11.9 Å². The van der Waals surface area contributed by atoms with Crippen molar-refractivity contribution in [1.29, 1.82) is 0 Å². The van der Waals surface area contributed by atoms with Crippen LogP contribution >= 0.6 is 0 Å². The van der Waals surface area contributed by atoms with Gasteiger partial charge in [-0.1, -0.05) is 154 Å². The number of allylic oxidation sites excluding steroid dienone is 2. The molecule has 0 N–H and O–H groups in total. The summed E-state index contributed by atoms with van der Waals surface area (Å²) in [6.45, 7) is 4.52. The van der Waals surface area contributed by atoms with Gasteiger partial charge in [-0.3, -0.25) is 0 Å². The summed E-state index contributed by atoms with van der Waals surface area (Å²) in [6, 6.07) is 0. The number of carbonyl (C=O) groups excluding carboxylic acids is 2. The van der Waals surface area contributed by atoms with Crippen molar-refractivity contribution in [3.63, 3.8) is 0 Å². The summed E-state index contributed by atoms with van der Waals surface area (Å²) in [5.41, 5.74) is 0. The molecule has 3 nitrogen and oxygen atoms in total. The fourth-order valence-corrected chi connectivity index (χ4v) is 4.38. The highest BCUT2D eigenvalue weighted by Crippen LogP contribution is 2.13. The van der Waals surface area contributed by atoms with Crippen molar-refractivity contribution in [2.75, 3.05) is 0 Å². The van der Waals surface area contributed by atoms with Crippen LogP contribution in [0.4, 0.5) is 0 Å². The van der Waals surface area contributed by atoms with E-state index in [2.05, 4.69) is 13.8 Å². The topological polar surface area (TPSA) is 43.4 Å². The summed E-state index contributed by atoms with van der Waals surface area (Å²) in [5.74, 6) is -1.12. The predicted molar refractivity (Wildman–Crippen MR) is 152 cm³/mol. The molecule has 0 aliphatic rings. The minimum atomic E-state index is -0.558. The molecule has 0 saturated heterocycles. The molecule has 0 aromatic rings. The molecule has 0 fully saturated rings. The van der Waals surface area contributed by atoms with Crippen LogP contribution in [0.3, 0.4) is 0 Å². The van der Waals surface area contributed by atoms with Crippen molar-refractivity contribution in [2.24, 2.45) is 0 Å². The molecule has 0 spiro atoms. The molecule has 0 unspecified atom stereocenters. The zero-order chi connectivity index (χ0) is 25.7. The smallest absolute Gasteiger partial charge is 0.338 e. The normalized spacial score (nSPS) is 11.6. The fraction of sp³-hybridized carbons (Fsp3) is 0.812. The minimum absolute atomic E-state index is 0.558. The molecule has 0 aliphatic carbocycles. The van der Waals surface area contributed by atoms with Gasteiger partial charge in [-0.2, -0.15) is 0 Å². The highest BCUT2D eigenvalue weighted by atomic mass is 16.6. The molecule has 0 aromatic heterocycles. The zero-order valence-corrected chi connectivity index (χ0v) is 23.5. The molecular weight excluding hydrogens is 432 g/mol. The molecule has 0 saturated carbocycles. The van der Waals surface area contributed by atoms with Crippen molar-refractivity contribution in [1.82, 2.24) is 0 Å². The number of hydrogen-bond acceptors (Lipinski definition) is 3. The van der Waals surface area contributed by atoms with E-state index in [4.69, 9.17) is 4.74 Å². The molecule has 0 atom stereocenters. The number of ether oxygens (including phenoxy) is 1. The molecule has 0 radical (unpaired) electrons. The second kappa shape index (κ2) is 28.9. The summed E-state index contributed by atoms with van der Waals surface area (Å²) in [7, 11) is 0. The lowest BCUT2D eigenvalue weighted by molar-refractivity contribution is -0.152. The average molecular weight is 491 g/mol. The summed E-state index contributed by atoms with van der Waals surface area (Å²) in [6.07, 6.45) is 37.2. The first-order valence-electron chi connectivity index (χ1n) is 15.3. The first kappa shape index (κ1) is 33.6. The van der Waals surface area contributed by atoms with Crippen LogP contribution in [0.1, 0.15) is 168 Å². The van der Waals surface area contributed by atoms with Crippen molar-refractivity contribution in [2.45, 2.75) is 168 Å². The maximum Gasteiger partial charge on any atom is 0.338 e. The molecule has 0 amide bonds. The lowest BCUT2D eigenvalue weighted by Gasteiger charge is -2.02. The van der Waals surface area contributed by atoms with Gasteiger partial charge in [0.1, 0.15) is 0 Å². The van der Waals surface area contributed by atoms with Crippen LogP contribution in [0.15, 0.2) is 24.3 Å². The van der Waals surface area contributed by atoms with E-state index in [9.17, 15) is 9.59 Å². The molecule has 3 heteroatoms. The van der Waals surface area contributed by atoms with E-state index in [0.29, 0.717) is 0 Å². The van der Waals surface area contributed by atoms with Crippen LogP contribution in [0.2, 0.25) is 0 Å². The Kier molecular flexibility index (Phi) is 27.7. The Hall–Kier alpha value is -1.38. The molecule has 204 valence electrons. The third kappa shape index (κ3) is 28.7. The third-order valence-electron chi connectivity index (χ3n) is 6.66. The number of carbonyl (C=O) groups is 2. The Morgan fingerprint density at radius 2 is 0.686 bits per heavy atom. The number of hydrogen-bond donors (Lipinski definition) is 0. The van der Waals surface area contributed by atoms with Crippen LogP contribution in [-0.2, 0) is 14.3 Å². The lowest BCUT2D eigenvalue weighted by Crippen LogP contribution is -2.06. The molecule has 0 aromatic carbocycles. The molecular formula is C32H58O3. The maximum atomic E-state index is 11.7. The Labute approximate surface area is 218 Å². The summed E-state index contributed by atoms with van der Waals surface area (Å²) in [5, 5.41) is 0. The largest absolute Gasteiger partial charge is 0.387 e. The van der Waals surface area contributed by atoms with Crippen molar-refractivity contribution in [3.05, 3.63) is 24.3 Å². The second-order valence-corrected chi connectivity index (χ2v) is 10.2. The Morgan fingerprint density at radius 3 is 0.971 bits per heavy atom. The Bertz CT molecular complexity index is 475. The minimum Gasteiger partial charge on any atom is -0.387 e. The van der Waals surface area contributed by atoms with Gasteiger partial charge in [0.2, 0.25) is 0 Å². The highest BCUT2D eigenvalue weighted by Gasteiger charge is 2.03. The molecule has 35 heavy (non-hydrogen) atoms. The lowest BCUT2D eigenvalue weighted by atomic mass is 10.1. The Morgan fingerprint density at radius 1 is 0.429 bits per heavy atom. The quantitative estimate of drug-likeness (QED) is 0.0524. The van der Waals surface area contributed by atoms with E-state index in [0.717, 1.165) is 25.7 Å². The standard InChI is InChI=1S/C32H58O3/c1-3-5-7-9-11-13-15-17-19-21-23-25-27-29-31(33)35-32(34)30-28-26-24-22-20-18-16-14-12-10-8-6-4-2/h27-30H,3-26H2,1-2H3. The molecule has 0 rings (SSSR count). The second-order valence-electron chi connectivity index (χ2n) is 10.2. The van der Waals surface area contributed by atoms with Crippen LogP contribution in [0.5, 0.6) is 0 Å². The summed E-state index contributed by atoms with van der Waals surface area (Å²) in [4.78, 5) is 23.4. The first-order valence-corrected chi connectivity index (χ1v) is 15.3.